The minimum Gasteiger partial charge on any atom is -0.456 e. The van der Waals surface area contributed by atoms with E-state index >= 15 is 0 Å². The highest BCUT2D eigenvalue weighted by molar-refractivity contribution is 6.32. The Morgan fingerprint density at radius 2 is 1.79 bits per heavy atom. The lowest BCUT2D eigenvalue weighted by Crippen LogP contribution is -2.37. The summed E-state index contributed by atoms with van der Waals surface area (Å²) in [6.45, 7) is -1.25. The van der Waals surface area contributed by atoms with Crippen LogP contribution in [0.4, 0.5) is 5.69 Å². The van der Waals surface area contributed by atoms with Crippen LogP contribution in [0.3, 0.4) is 0 Å². The molecule has 1 heterocycles. The molecule has 146 valence electrons. The van der Waals surface area contributed by atoms with Gasteiger partial charge in [-0.3, -0.25) is 34.2 Å². The lowest BCUT2D eigenvalue weighted by Gasteiger charge is -2.14. The molecule has 2 aliphatic rings. The average molecular weight is 407 g/mol. The minimum atomic E-state index is -0.912. The fourth-order valence-electron chi connectivity index (χ4n) is 3.25. The number of nitro benzene ring substituents is 1. The van der Waals surface area contributed by atoms with Gasteiger partial charge in [0.15, 0.2) is 6.61 Å². The van der Waals surface area contributed by atoms with Crippen LogP contribution in [0.5, 0.6) is 0 Å². The highest BCUT2D eigenvalue weighted by Crippen LogP contribution is 2.34. The van der Waals surface area contributed by atoms with E-state index in [9.17, 15) is 29.3 Å². The first kappa shape index (κ1) is 19.7. The van der Waals surface area contributed by atoms with Crippen molar-refractivity contribution in [2.24, 2.45) is 11.8 Å². The lowest BCUT2D eigenvalue weighted by atomic mass is 9.85. The summed E-state index contributed by atoms with van der Waals surface area (Å²) in [5, 5.41) is 10.8. The first-order chi connectivity index (χ1) is 13.3. The molecule has 0 saturated carbocycles. The molecule has 0 spiro atoms. The van der Waals surface area contributed by atoms with Crippen LogP contribution < -0.4 is 0 Å². The fourth-order valence-corrected chi connectivity index (χ4v) is 3.44. The fraction of sp³-hybridized carbons (Fsp3) is 0.333. The van der Waals surface area contributed by atoms with Gasteiger partial charge in [0.2, 0.25) is 17.6 Å². The number of benzene rings is 1. The first-order valence-corrected chi connectivity index (χ1v) is 8.80. The zero-order valence-electron chi connectivity index (χ0n) is 14.5. The summed E-state index contributed by atoms with van der Waals surface area (Å²) in [6.07, 6.45) is 4.57. The van der Waals surface area contributed by atoms with Gasteiger partial charge in [-0.2, -0.15) is 0 Å². The monoisotopic (exact) mass is 406 g/mol. The number of amides is 2. The quantitative estimate of drug-likeness (QED) is 0.176. The number of nitrogens with zero attached hydrogens (tertiary/aromatic N) is 2. The molecule has 1 aliphatic heterocycles. The molecule has 2 atom stereocenters. The summed E-state index contributed by atoms with van der Waals surface area (Å²) >= 11 is 5.69. The van der Waals surface area contributed by atoms with Crippen molar-refractivity contribution in [1.29, 1.82) is 0 Å². The molecular formula is C18H15ClN2O7. The summed E-state index contributed by atoms with van der Waals surface area (Å²) in [5.41, 5.74) is -0.488. The number of carbonyl (C=O) groups excluding carboxylic acids is 4. The van der Waals surface area contributed by atoms with Crippen molar-refractivity contribution >= 4 is 40.9 Å². The molecule has 0 aromatic heterocycles. The minimum absolute atomic E-state index is 0.0469. The number of Topliss-reactive ketones (excluding diaryl/α,β-unsaturated/α-hetero) is 1. The molecule has 28 heavy (non-hydrogen) atoms. The number of rotatable bonds is 6. The third-order valence-electron chi connectivity index (χ3n) is 4.72. The molecule has 0 N–H and O–H groups in total. The van der Waals surface area contributed by atoms with Gasteiger partial charge in [-0.15, -0.1) is 0 Å². The Hall–Kier alpha value is -3.07. The van der Waals surface area contributed by atoms with E-state index in [0.717, 1.165) is 11.0 Å². The van der Waals surface area contributed by atoms with E-state index in [4.69, 9.17) is 16.3 Å². The summed E-state index contributed by atoms with van der Waals surface area (Å²) in [6, 6.07) is 3.46. The number of likely N-dealkylation sites (tertiary alicyclic amines) is 1. The molecule has 1 fully saturated rings. The topological polar surface area (TPSA) is 124 Å². The molecule has 0 unspecified atom stereocenters. The van der Waals surface area contributed by atoms with Gasteiger partial charge in [0, 0.05) is 11.6 Å². The van der Waals surface area contributed by atoms with Crippen molar-refractivity contribution in [3.05, 3.63) is 51.1 Å². The summed E-state index contributed by atoms with van der Waals surface area (Å²) in [4.78, 5) is 59.7. The lowest BCUT2D eigenvalue weighted by molar-refractivity contribution is -0.384. The van der Waals surface area contributed by atoms with Crippen LogP contribution in [0.15, 0.2) is 30.4 Å². The SMILES string of the molecule is O=C(CN1C(=O)[C@H]2CC=CC[C@H]2C1=O)OCC(=O)c1ccc(Cl)c([N+](=O)[O-])c1. The van der Waals surface area contributed by atoms with Crippen molar-refractivity contribution in [3.63, 3.8) is 0 Å². The molecule has 10 heteroatoms. The predicted octanol–water partition coefficient (Wildman–Crippen LogP) is 1.93. The van der Waals surface area contributed by atoms with Crippen LogP contribution >= 0.6 is 11.6 Å². The summed E-state index contributed by atoms with van der Waals surface area (Å²) < 4.78 is 4.85. The maximum absolute atomic E-state index is 12.3. The van der Waals surface area contributed by atoms with Gasteiger partial charge in [0.1, 0.15) is 11.6 Å². The second-order valence-electron chi connectivity index (χ2n) is 6.43. The second kappa shape index (κ2) is 7.89. The van der Waals surface area contributed by atoms with E-state index in [-0.39, 0.29) is 10.6 Å². The van der Waals surface area contributed by atoms with E-state index in [1.165, 1.54) is 12.1 Å². The van der Waals surface area contributed by atoms with Gasteiger partial charge >= 0.3 is 5.97 Å². The highest BCUT2D eigenvalue weighted by atomic mass is 35.5. The van der Waals surface area contributed by atoms with Crippen molar-refractivity contribution in [1.82, 2.24) is 4.90 Å². The molecule has 1 aromatic rings. The van der Waals surface area contributed by atoms with Crippen molar-refractivity contribution < 1.29 is 28.8 Å². The number of imide groups is 1. The Morgan fingerprint density at radius 3 is 2.36 bits per heavy atom. The van der Waals surface area contributed by atoms with Crippen LogP contribution in [0.2, 0.25) is 5.02 Å². The van der Waals surface area contributed by atoms with Gasteiger partial charge < -0.3 is 4.74 Å². The van der Waals surface area contributed by atoms with E-state index in [0.29, 0.717) is 12.8 Å². The molecule has 0 bridgehead atoms. The van der Waals surface area contributed by atoms with Crippen LogP contribution in [0, 0.1) is 22.0 Å². The zero-order chi connectivity index (χ0) is 20.4. The van der Waals surface area contributed by atoms with Gasteiger partial charge in [0.25, 0.3) is 5.69 Å². The second-order valence-corrected chi connectivity index (χ2v) is 6.83. The highest BCUT2D eigenvalue weighted by Gasteiger charge is 2.47. The van der Waals surface area contributed by atoms with Gasteiger partial charge in [-0.1, -0.05) is 23.8 Å². The number of halogens is 1. The molecule has 0 radical (unpaired) electrons. The number of nitro groups is 1. The molecule has 9 nitrogen and oxygen atoms in total. The molecule has 2 amide bonds. The summed E-state index contributed by atoms with van der Waals surface area (Å²) in [7, 11) is 0. The number of esters is 1. The van der Waals surface area contributed by atoms with Crippen molar-refractivity contribution in [3.8, 4) is 0 Å². The first-order valence-electron chi connectivity index (χ1n) is 8.42. The Kier molecular flexibility index (Phi) is 5.55. The normalized spacial score (nSPS) is 20.8. The summed E-state index contributed by atoms with van der Waals surface area (Å²) in [5.74, 6) is -3.34. The Balaban J connectivity index is 1.58. The van der Waals surface area contributed by atoms with Gasteiger partial charge in [-0.25, -0.2) is 0 Å². The van der Waals surface area contributed by atoms with Gasteiger partial charge in [-0.05, 0) is 25.0 Å². The van der Waals surface area contributed by atoms with Crippen LogP contribution in [-0.2, 0) is 19.1 Å². The van der Waals surface area contributed by atoms with E-state index in [2.05, 4.69) is 0 Å². The van der Waals surface area contributed by atoms with E-state index in [1.54, 1.807) is 0 Å². The standard InChI is InChI=1S/C18H15ClN2O7/c19-13-6-5-10(7-14(13)21(26)27)15(22)9-28-16(23)8-20-17(24)11-3-1-2-4-12(11)18(20)25/h1-2,5-7,11-12H,3-4,8-9H2/t11-,12+. The van der Waals surface area contributed by atoms with Crippen molar-refractivity contribution in [2.75, 3.05) is 13.2 Å². The molecule has 1 aliphatic carbocycles. The maximum atomic E-state index is 12.3. The number of carbonyl (C=O) groups is 4. The Labute approximate surface area is 164 Å². The maximum Gasteiger partial charge on any atom is 0.326 e. The Bertz CT molecular complexity index is 885. The largest absolute Gasteiger partial charge is 0.456 e. The molecule has 1 saturated heterocycles. The van der Waals surface area contributed by atoms with Crippen LogP contribution in [-0.4, -0.2) is 46.5 Å². The number of allylic oxidation sites excluding steroid dienone is 2. The smallest absolute Gasteiger partial charge is 0.326 e. The number of ketones is 1. The van der Waals surface area contributed by atoms with Crippen LogP contribution in [0.25, 0.3) is 0 Å². The zero-order valence-corrected chi connectivity index (χ0v) is 15.3. The predicted molar refractivity (Wildman–Crippen MR) is 95.5 cm³/mol. The van der Waals surface area contributed by atoms with Crippen molar-refractivity contribution in [2.45, 2.75) is 12.8 Å². The third-order valence-corrected chi connectivity index (χ3v) is 5.03. The number of hydrogen-bond donors (Lipinski definition) is 0. The molecule has 3 rings (SSSR count). The number of hydrogen-bond acceptors (Lipinski definition) is 7. The Morgan fingerprint density at radius 1 is 1.18 bits per heavy atom. The van der Waals surface area contributed by atoms with E-state index in [1.807, 2.05) is 12.2 Å². The van der Waals surface area contributed by atoms with Gasteiger partial charge in [0.05, 0.1) is 16.8 Å². The number of fused-ring (bicyclic) bond motifs is 1. The molecular weight excluding hydrogens is 392 g/mol. The molecule has 1 aromatic carbocycles. The average Bonchev–Trinajstić information content (AvgIpc) is 2.91. The van der Waals surface area contributed by atoms with E-state index < -0.39 is 59.2 Å². The van der Waals surface area contributed by atoms with Crippen LogP contribution in [0.1, 0.15) is 23.2 Å². The number of ether oxygens (including phenoxy) is 1. The third kappa shape index (κ3) is 3.79.